The van der Waals surface area contributed by atoms with Gasteiger partial charge in [-0.25, -0.2) is 4.98 Å². The zero-order valence-electron chi connectivity index (χ0n) is 14.6. The number of aromatic nitrogens is 3. The van der Waals surface area contributed by atoms with Crippen molar-refractivity contribution in [3.63, 3.8) is 0 Å². The third kappa shape index (κ3) is 3.37. The predicted molar refractivity (Wildman–Crippen MR) is 102 cm³/mol. The molecule has 1 saturated heterocycles. The van der Waals surface area contributed by atoms with E-state index in [1.165, 1.54) is 16.8 Å². The van der Waals surface area contributed by atoms with Crippen LogP contribution in [0.25, 0.3) is 11.0 Å². The number of hydrogen-bond acceptors (Lipinski definition) is 5. The van der Waals surface area contributed by atoms with Crippen LogP contribution in [0, 0.1) is 13.8 Å². The van der Waals surface area contributed by atoms with Gasteiger partial charge in [0.15, 0.2) is 5.16 Å². The SMILES string of the molecule is Cc1cnc(CSc2nc3ccccc3[nH]2)c(C)c1N1CCOCC1. The highest BCUT2D eigenvalue weighted by atomic mass is 32.2. The number of fused-ring (bicyclic) bond motifs is 1. The van der Waals surface area contributed by atoms with Gasteiger partial charge in [-0.2, -0.15) is 0 Å². The number of H-pyrrole nitrogens is 1. The second-order valence-electron chi connectivity index (χ2n) is 6.31. The molecule has 3 heterocycles. The highest BCUT2D eigenvalue weighted by molar-refractivity contribution is 7.98. The molecule has 6 heteroatoms. The number of anilines is 1. The normalized spacial score (nSPS) is 15.0. The van der Waals surface area contributed by atoms with Gasteiger partial charge in [-0.15, -0.1) is 0 Å². The lowest BCUT2D eigenvalue weighted by Gasteiger charge is -2.32. The first-order valence-corrected chi connectivity index (χ1v) is 9.56. The van der Waals surface area contributed by atoms with Gasteiger partial charge in [0.1, 0.15) is 0 Å². The Kier molecular flexibility index (Phi) is 4.63. The Morgan fingerprint density at radius 3 is 2.80 bits per heavy atom. The fourth-order valence-corrected chi connectivity index (χ4v) is 4.23. The molecule has 5 nitrogen and oxygen atoms in total. The van der Waals surface area contributed by atoms with Crippen LogP contribution in [0.1, 0.15) is 16.8 Å². The number of rotatable bonds is 4. The molecule has 4 rings (SSSR count). The number of nitrogens with zero attached hydrogens (tertiary/aromatic N) is 3. The summed E-state index contributed by atoms with van der Waals surface area (Å²) >= 11 is 1.70. The zero-order chi connectivity index (χ0) is 17.2. The highest BCUT2D eigenvalue weighted by Gasteiger charge is 2.18. The summed E-state index contributed by atoms with van der Waals surface area (Å²) < 4.78 is 5.49. The molecule has 0 spiro atoms. The number of benzene rings is 1. The lowest BCUT2D eigenvalue weighted by Crippen LogP contribution is -2.37. The molecule has 130 valence electrons. The molecule has 2 aromatic heterocycles. The predicted octanol–water partition coefficient (Wildman–Crippen LogP) is 3.70. The zero-order valence-corrected chi connectivity index (χ0v) is 15.4. The van der Waals surface area contributed by atoms with E-state index in [-0.39, 0.29) is 0 Å². The standard InChI is InChI=1S/C19H22N4OS/c1-13-11-20-17(14(2)18(13)23-7-9-24-10-8-23)12-25-19-21-15-5-3-4-6-16(15)22-19/h3-6,11H,7-10,12H2,1-2H3,(H,21,22). The molecule has 0 amide bonds. The summed E-state index contributed by atoms with van der Waals surface area (Å²) in [6, 6.07) is 8.12. The van der Waals surface area contributed by atoms with E-state index in [1.807, 2.05) is 24.4 Å². The number of para-hydroxylation sites is 2. The van der Waals surface area contributed by atoms with Gasteiger partial charge >= 0.3 is 0 Å². The maximum atomic E-state index is 5.49. The quantitative estimate of drug-likeness (QED) is 0.724. The molecule has 0 saturated carbocycles. The van der Waals surface area contributed by atoms with Crippen molar-refractivity contribution in [1.29, 1.82) is 0 Å². The Hall–Kier alpha value is -2.05. The minimum Gasteiger partial charge on any atom is -0.378 e. The van der Waals surface area contributed by atoms with Gasteiger partial charge in [0.25, 0.3) is 0 Å². The van der Waals surface area contributed by atoms with E-state index in [1.54, 1.807) is 11.8 Å². The topological polar surface area (TPSA) is 54.0 Å². The summed E-state index contributed by atoms with van der Waals surface area (Å²) in [7, 11) is 0. The van der Waals surface area contributed by atoms with E-state index < -0.39 is 0 Å². The fourth-order valence-electron chi connectivity index (χ4n) is 3.32. The summed E-state index contributed by atoms with van der Waals surface area (Å²) in [6.07, 6.45) is 1.99. The third-order valence-electron chi connectivity index (χ3n) is 4.62. The number of ether oxygens (including phenoxy) is 1. The second-order valence-corrected chi connectivity index (χ2v) is 7.27. The summed E-state index contributed by atoms with van der Waals surface area (Å²) in [5, 5.41) is 0.941. The summed E-state index contributed by atoms with van der Waals surface area (Å²) in [4.78, 5) is 15.1. The Balaban J connectivity index is 1.55. The van der Waals surface area contributed by atoms with Crippen LogP contribution in [-0.4, -0.2) is 41.3 Å². The maximum absolute atomic E-state index is 5.49. The van der Waals surface area contributed by atoms with Crippen molar-refractivity contribution in [1.82, 2.24) is 15.0 Å². The fraction of sp³-hybridized carbons (Fsp3) is 0.368. The molecule has 1 aliphatic rings. The van der Waals surface area contributed by atoms with E-state index in [0.717, 1.165) is 53.9 Å². The van der Waals surface area contributed by atoms with Crippen LogP contribution in [0.5, 0.6) is 0 Å². The van der Waals surface area contributed by atoms with Crippen LogP contribution in [0.2, 0.25) is 0 Å². The number of hydrogen-bond donors (Lipinski definition) is 1. The minimum atomic E-state index is 0.796. The van der Waals surface area contributed by atoms with Crippen molar-refractivity contribution >= 4 is 28.5 Å². The Labute approximate surface area is 151 Å². The molecule has 0 atom stereocenters. The van der Waals surface area contributed by atoms with Gasteiger partial charge < -0.3 is 14.6 Å². The van der Waals surface area contributed by atoms with Gasteiger partial charge in [-0.3, -0.25) is 4.98 Å². The lowest BCUT2D eigenvalue weighted by atomic mass is 10.1. The van der Waals surface area contributed by atoms with Crippen LogP contribution in [-0.2, 0) is 10.5 Å². The van der Waals surface area contributed by atoms with E-state index in [2.05, 4.69) is 39.8 Å². The van der Waals surface area contributed by atoms with Crippen LogP contribution in [0.4, 0.5) is 5.69 Å². The molecule has 0 unspecified atom stereocenters. The first-order valence-electron chi connectivity index (χ1n) is 8.57. The molecule has 1 aromatic carbocycles. The van der Waals surface area contributed by atoms with Crippen LogP contribution in [0.15, 0.2) is 35.6 Å². The number of thioether (sulfide) groups is 1. The summed E-state index contributed by atoms with van der Waals surface area (Å²) in [5.41, 5.74) is 7.03. The van der Waals surface area contributed by atoms with Gasteiger partial charge in [-0.1, -0.05) is 23.9 Å². The molecule has 1 aliphatic heterocycles. The van der Waals surface area contributed by atoms with Crippen molar-refractivity contribution in [2.45, 2.75) is 24.8 Å². The van der Waals surface area contributed by atoms with Gasteiger partial charge in [0.05, 0.1) is 29.9 Å². The molecule has 0 aliphatic carbocycles. The van der Waals surface area contributed by atoms with E-state index in [9.17, 15) is 0 Å². The summed E-state index contributed by atoms with van der Waals surface area (Å²) in [6.45, 7) is 7.80. The number of pyridine rings is 1. The molecule has 0 bridgehead atoms. The monoisotopic (exact) mass is 354 g/mol. The van der Waals surface area contributed by atoms with Gasteiger partial charge in [0, 0.05) is 30.7 Å². The molecular formula is C19H22N4OS. The summed E-state index contributed by atoms with van der Waals surface area (Å²) in [5.74, 6) is 0.809. The largest absolute Gasteiger partial charge is 0.378 e. The van der Waals surface area contributed by atoms with Crippen LogP contribution >= 0.6 is 11.8 Å². The van der Waals surface area contributed by atoms with Crippen molar-refractivity contribution < 1.29 is 4.74 Å². The molecule has 25 heavy (non-hydrogen) atoms. The first-order chi connectivity index (χ1) is 12.2. The van der Waals surface area contributed by atoms with Crippen molar-refractivity contribution in [2.75, 3.05) is 31.2 Å². The van der Waals surface area contributed by atoms with Crippen molar-refractivity contribution in [2.24, 2.45) is 0 Å². The number of morpholine rings is 1. The van der Waals surface area contributed by atoms with Crippen molar-refractivity contribution in [3.8, 4) is 0 Å². The smallest absolute Gasteiger partial charge is 0.166 e. The van der Waals surface area contributed by atoms with Crippen LogP contribution in [0.3, 0.4) is 0 Å². The molecule has 1 fully saturated rings. The highest BCUT2D eigenvalue weighted by Crippen LogP contribution is 2.30. The second kappa shape index (κ2) is 7.06. The molecule has 0 radical (unpaired) electrons. The number of aryl methyl sites for hydroxylation is 1. The van der Waals surface area contributed by atoms with Crippen molar-refractivity contribution in [3.05, 3.63) is 47.3 Å². The maximum Gasteiger partial charge on any atom is 0.166 e. The lowest BCUT2D eigenvalue weighted by molar-refractivity contribution is 0.122. The minimum absolute atomic E-state index is 0.796. The van der Waals surface area contributed by atoms with E-state index in [4.69, 9.17) is 4.74 Å². The van der Waals surface area contributed by atoms with Gasteiger partial charge in [0.2, 0.25) is 0 Å². The van der Waals surface area contributed by atoms with Crippen LogP contribution < -0.4 is 4.90 Å². The molecule has 1 N–H and O–H groups in total. The number of nitrogens with one attached hydrogen (secondary N) is 1. The average Bonchev–Trinajstić information content (AvgIpc) is 3.05. The molecular weight excluding hydrogens is 332 g/mol. The Morgan fingerprint density at radius 1 is 1.20 bits per heavy atom. The van der Waals surface area contributed by atoms with E-state index >= 15 is 0 Å². The van der Waals surface area contributed by atoms with Gasteiger partial charge in [-0.05, 0) is 37.1 Å². The Morgan fingerprint density at radius 2 is 2.00 bits per heavy atom. The molecule has 3 aromatic rings. The number of aromatic amines is 1. The Bertz CT molecular complexity index is 853. The van der Waals surface area contributed by atoms with E-state index in [0.29, 0.717) is 0 Å². The third-order valence-corrected chi connectivity index (χ3v) is 5.50. The first kappa shape index (κ1) is 16.4. The number of imidazole rings is 1. The average molecular weight is 354 g/mol.